The highest BCUT2D eigenvalue weighted by molar-refractivity contribution is 8.18. The highest BCUT2D eigenvalue weighted by atomic mass is 32.2. The topological polar surface area (TPSA) is 46.6 Å². The van der Waals surface area contributed by atoms with Gasteiger partial charge in [0.1, 0.15) is 12.4 Å². The van der Waals surface area contributed by atoms with Crippen LogP contribution in [0.25, 0.3) is 6.08 Å². The second-order valence-corrected chi connectivity index (χ2v) is 7.26. The second kappa shape index (κ2) is 7.02. The average molecular weight is 345 g/mol. The molecule has 0 unspecified atom stereocenters. The lowest BCUT2D eigenvalue weighted by atomic mass is 10.3. The number of carbonyl (C=O) groups excluding carboxylic acids is 2. The zero-order valence-corrected chi connectivity index (χ0v) is 14.2. The molecule has 2 aromatic rings. The molecule has 0 bridgehead atoms. The van der Waals surface area contributed by atoms with Crippen molar-refractivity contribution in [3.05, 3.63) is 57.1 Å². The van der Waals surface area contributed by atoms with Crippen molar-refractivity contribution in [3.8, 4) is 5.75 Å². The summed E-state index contributed by atoms with van der Waals surface area (Å²) in [5.74, 6) is 0.479. The van der Waals surface area contributed by atoms with E-state index in [1.807, 2.05) is 49.4 Å². The summed E-state index contributed by atoms with van der Waals surface area (Å²) in [5, 5.41) is -0.244. The van der Waals surface area contributed by atoms with Gasteiger partial charge in [0.25, 0.3) is 11.1 Å². The van der Waals surface area contributed by atoms with Crippen LogP contribution in [0.15, 0.2) is 47.4 Å². The minimum Gasteiger partial charge on any atom is -0.492 e. The van der Waals surface area contributed by atoms with Gasteiger partial charge in [0, 0.05) is 9.75 Å². The van der Waals surface area contributed by atoms with Gasteiger partial charge >= 0.3 is 0 Å². The average Bonchev–Trinajstić information content (AvgIpc) is 3.06. The van der Waals surface area contributed by atoms with Crippen LogP contribution in [-0.2, 0) is 4.79 Å². The maximum Gasteiger partial charge on any atom is 0.293 e. The Morgan fingerprint density at radius 3 is 2.61 bits per heavy atom. The summed E-state index contributed by atoms with van der Waals surface area (Å²) in [5.41, 5.74) is 0. The van der Waals surface area contributed by atoms with Crippen LogP contribution in [-0.4, -0.2) is 29.2 Å². The summed E-state index contributed by atoms with van der Waals surface area (Å²) in [6.45, 7) is 2.54. The van der Waals surface area contributed by atoms with Crippen LogP contribution in [0, 0.1) is 6.92 Å². The van der Waals surface area contributed by atoms with Crippen molar-refractivity contribution >= 4 is 40.3 Å². The Bertz CT molecular complexity index is 752. The monoisotopic (exact) mass is 345 g/mol. The molecule has 3 rings (SSSR count). The van der Waals surface area contributed by atoms with Gasteiger partial charge in [-0.25, -0.2) is 0 Å². The van der Waals surface area contributed by atoms with Crippen molar-refractivity contribution in [2.45, 2.75) is 6.92 Å². The van der Waals surface area contributed by atoms with Gasteiger partial charge in [0.15, 0.2) is 0 Å². The van der Waals surface area contributed by atoms with Gasteiger partial charge in [-0.05, 0) is 49.0 Å². The van der Waals surface area contributed by atoms with Crippen molar-refractivity contribution in [2.75, 3.05) is 13.2 Å². The number of ether oxygens (including phenoxy) is 1. The molecule has 0 radical (unpaired) electrons. The first-order chi connectivity index (χ1) is 11.1. The van der Waals surface area contributed by atoms with Crippen LogP contribution in [0.1, 0.15) is 9.75 Å². The summed E-state index contributed by atoms with van der Waals surface area (Å²) in [6, 6.07) is 13.3. The smallest absolute Gasteiger partial charge is 0.293 e. The third-order valence-electron chi connectivity index (χ3n) is 3.23. The largest absolute Gasteiger partial charge is 0.492 e. The Kier molecular flexibility index (Phi) is 4.83. The first-order valence-corrected chi connectivity index (χ1v) is 8.76. The molecule has 0 atom stereocenters. The summed E-state index contributed by atoms with van der Waals surface area (Å²) in [6.07, 6.45) is 1.78. The lowest BCUT2D eigenvalue weighted by molar-refractivity contribution is -0.123. The number of para-hydroxylation sites is 1. The Morgan fingerprint density at radius 1 is 1.13 bits per heavy atom. The Morgan fingerprint density at radius 2 is 1.91 bits per heavy atom. The summed E-state index contributed by atoms with van der Waals surface area (Å²) < 4.78 is 5.55. The number of carbonyl (C=O) groups is 2. The Labute approximate surface area is 142 Å². The summed E-state index contributed by atoms with van der Waals surface area (Å²) in [4.78, 5) is 28.2. The van der Waals surface area contributed by atoms with Gasteiger partial charge < -0.3 is 4.74 Å². The molecule has 23 heavy (non-hydrogen) atoms. The minimum absolute atomic E-state index is 0.244. The molecule has 1 saturated heterocycles. The van der Waals surface area contributed by atoms with E-state index in [4.69, 9.17) is 4.74 Å². The molecule has 118 valence electrons. The molecular weight excluding hydrogens is 330 g/mol. The van der Waals surface area contributed by atoms with E-state index in [1.54, 1.807) is 17.4 Å². The van der Waals surface area contributed by atoms with Crippen LogP contribution >= 0.6 is 23.1 Å². The fraction of sp³-hybridized carbons (Fsp3) is 0.176. The summed E-state index contributed by atoms with van der Waals surface area (Å²) in [7, 11) is 0. The number of thioether (sulfide) groups is 1. The Hall–Kier alpha value is -2.05. The van der Waals surface area contributed by atoms with Crippen LogP contribution in [0.4, 0.5) is 4.79 Å². The summed E-state index contributed by atoms with van der Waals surface area (Å²) >= 11 is 2.58. The molecule has 1 aromatic heterocycles. The maximum atomic E-state index is 12.3. The van der Waals surface area contributed by atoms with E-state index >= 15 is 0 Å². The molecule has 0 saturated carbocycles. The van der Waals surface area contributed by atoms with Crippen molar-refractivity contribution in [2.24, 2.45) is 0 Å². The van der Waals surface area contributed by atoms with Gasteiger partial charge in [-0.3, -0.25) is 14.5 Å². The van der Waals surface area contributed by atoms with E-state index in [-0.39, 0.29) is 24.3 Å². The lowest BCUT2D eigenvalue weighted by Crippen LogP contribution is -2.32. The molecule has 0 aliphatic carbocycles. The molecule has 1 aliphatic rings. The molecule has 1 aliphatic heterocycles. The quantitative estimate of drug-likeness (QED) is 0.763. The molecular formula is C17H15NO3S2. The van der Waals surface area contributed by atoms with Crippen molar-refractivity contribution in [1.82, 2.24) is 4.90 Å². The number of rotatable bonds is 5. The molecule has 2 heterocycles. The minimum atomic E-state index is -0.247. The molecule has 4 nitrogen and oxygen atoms in total. The Balaban J connectivity index is 1.61. The SMILES string of the molecule is Cc1ccc(/C=C2\SC(=O)N(CCOc3ccccc3)C2=O)s1. The van der Waals surface area contributed by atoms with Gasteiger partial charge in [0.2, 0.25) is 0 Å². The number of amides is 2. The van der Waals surface area contributed by atoms with Gasteiger partial charge in [-0.15, -0.1) is 11.3 Å². The van der Waals surface area contributed by atoms with Crippen LogP contribution in [0.3, 0.4) is 0 Å². The third-order valence-corrected chi connectivity index (χ3v) is 5.09. The van der Waals surface area contributed by atoms with E-state index in [1.165, 1.54) is 9.78 Å². The van der Waals surface area contributed by atoms with Gasteiger partial charge in [0.05, 0.1) is 11.4 Å². The molecule has 6 heteroatoms. The fourth-order valence-corrected chi connectivity index (χ4v) is 3.88. The van der Waals surface area contributed by atoms with Crippen LogP contribution in [0.5, 0.6) is 5.75 Å². The normalized spacial score (nSPS) is 16.4. The first kappa shape index (κ1) is 15.8. The van der Waals surface area contributed by atoms with E-state index in [9.17, 15) is 9.59 Å². The van der Waals surface area contributed by atoms with Crippen molar-refractivity contribution in [3.63, 3.8) is 0 Å². The number of benzene rings is 1. The second-order valence-electron chi connectivity index (χ2n) is 4.94. The van der Waals surface area contributed by atoms with E-state index in [0.717, 1.165) is 22.4 Å². The van der Waals surface area contributed by atoms with Gasteiger partial charge in [-0.1, -0.05) is 18.2 Å². The number of nitrogens with zero attached hydrogens (tertiary/aromatic N) is 1. The third kappa shape index (κ3) is 3.83. The molecule has 2 amide bonds. The van der Waals surface area contributed by atoms with E-state index in [2.05, 4.69) is 0 Å². The number of aryl methyl sites for hydroxylation is 1. The zero-order chi connectivity index (χ0) is 16.2. The number of hydrogen-bond acceptors (Lipinski definition) is 5. The first-order valence-electron chi connectivity index (χ1n) is 7.13. The van der Waals surface area contributed by atoms with E-state index < -0.39 is 0 Å². The van der Waals surface area contributed by atoms with Gasteiger partial charge in [-0.2, -0.15) is 0 Å². The molecule has 1 fully saturated rings. The predicted molar refractivity (Wildman–Crippen MR) is 93.7 cm³/mol. The highest BCUT2D eigenvalue weighted by Gasteiger charge is 2.34. The number of hydrogen-bond donors (Lipinski definition) is 0. The van der Waals surface area contributed by atoms with E-state index in [0.29, 0.717) is 4.91 Å². The van der Waals surface area contributed by atoms with Crippen LogP contribution < -0.4 is 4.74 Å². The number of thiophene rings is 1. The highest BCUT2D eigenvalue weighted by Crippen LogP contribution is 2.33. The molecule has 0 spiro atoms. The zero-order valence-electron chi connectivity index (χ0n) is 12.5. The number of imide groups is 1. The predicted octanol–water partition coefficient (Wildman–Crippen LogP) is 4.17. The fourth-order valence-electron chi connectivity index (χ4n) is 2.12. The lowest BCUT2D eigenvalue weighted by Gasteiger charge is -2.13. The van der Waals surface area contributed by atoms with Crippen LogP contribution in [0.2, 0.25) is 0 Å². The molecule has 1 aromatic carbocycles. The maximum absolute atomic E-state index is 12.3. The van der Waals surface area contributed by atoms with Crippen molar-refractivity contribution < 1.29 is 14.3 Å². The standard InChI is InChI=1S/C17H15NO3S2/c1-12-7-8-14(22-12)11-15-16(19)18(17(20)23-15)9-10-21-13-5-3-2-4-6-13/h2-8,11H,9-10H2,1H3/b15-11-. The molecule has 0 N–H and O–H groups in total. The van der Waals surface area contributed by atoms with Crippen molar-refractivity contribution in [1.29, 1.82) is 0 Å².